The molecule has 0 heterocycles. The van der Waals surface area contributed by atoms with Crippen LogP contribution in [0.5, 0.6) is 5.75 Å². The van der Waals surface area contributed by atoms with E-state index in [0.717, 1.165) is 12.1 Å². The lowest BCUT2D eigenvalue weighted by atomic mass is 9.80. The first-order valence-corrected chi connectivity index (χ1v) is 6.39. The zero-order valence-electron chi connectivity index (χ0n) is 11.6. The van der Waals surface area contributed by atoms with Gasteiger partial charge in [0.2, 0.25) is 0 Å². The molecular formula is C14H17F3O4. The van der Waals surface area contributed by atoms with E-state index in [1.54, 1.807) is 6.92 Å². The molecule has 0 radical (unpaired) electrons. The Labute approximate surface area is 120 Å². The molecule has 2 unspecified atom stereocenters. The van der Waals surface area contributed by atoms with E-state index >= 15 is 0 Å². The van der Waals surface area contributed by atoms with Gasteiger partial charge in [-0.15, -0.1) is 13.2 Å². The number of benzene rings is 1. The summed E-state index contributed by atoms with van der Waals surface area (Å²) in [5.41, 5.74) is -1.46. The third-order valence-electron chi connectivity index (χ3n) is 3.23. The van der Waals surface area contributed by atoms with Crippen LogP contribution in [0, 0.1) is 5.92 Å². The lowest BCUT2D eigenvalue weighted by molar-refractivity contribution is -0.274. The minimum atomic E-state index is -4.80. The van der Waals surface area contributed by atoms with Crippen LogP contribution in [0.1, 0.15) is 32.3 Å². The van der Waals surface area contributed by atoms with E-state index in [2.05, 4.69) is 4.74 Å². The first-order chi connectivity index (χ1) is 9.58. The Morgan fingerprint density at radius 2 is 1.81 bits per heavy atom. The maximum absolute atomic E-state index is 12.1. The summed E-state index contributed by atoms with van der Waals surface area (Å²) in [7, 11) is 0. The average molecular weight is 306 g/mol. The van der Waals surface area contributed by atoms with Gasteiger partial charge in [-0.3, -0.25) is 4.79 Å². The Morgan fingerprint density at radius 3 is 2.19 bits per heavy atom. The second-order valence-electron chi connectivity index (χ2n) is 4.90. The van der Waals surface area contributed by atoms with Gasteiger partial charge in [0.1, 0.15) is 11.4 Å². The van der Waals surface area contributed by atoms with Crippen molar-refractivity contribution in [1.82, 2.24) is 0 Å². The van der Waals surface area contributed by atoms with E-state index in [0.29, 0.717) is 6.42 Å². The molecule has 4 nitrogen and oxygen atoms in total. The highest BCUT2D eigenvalue weighted by Crippen LogP contribution is 2.34. The summed E-state index contributed by atoms with van der Waals surface area (Å²) < 4.78 is 39.9. The fourth-order valence-electron chi connectivity index (χ4n) is 2.13. The molecule has 0 spiro atoms. The first-order valence-electron chi connectivity index (χ1n) is 6.39. The molecule has 0 aromatic heterocycles. The van der Waals surface area contributed by atoms with Crippen LogP contribution < -0.4 is 4.74 Å². The molecule has 0 bridgehead atoms. The molecule has 0 aliphatic heterocycles. The molecule has 0 fully saturated rings. The van der Waals surface area contributed by atoms with Crippen LogP contribution in [-0.2, 0) is 10.4 Å². The minimum absolute atomic E-state index is 0.220. The van der Waals surface area contributed by atoms with E-state index in [4.69, 9.17) is 0 Å². The molecular weight excluding hydrogens is 289 g/mol. The minimum Gasteiger partial charge on any atom is -0.481 e. The molecule has 1 aromatic rings. The summed E-state index contributed by atoms with van der Waals surface area (Å²) in [5.74, 6) is -2.63. The lowest BCUT2D eigenvalue weighted by Crippen LogP contribution is -2.37. The third-order valence-corrected chi connectivity index (χ3v) is 3.23. The Balaban J connectivity index is 3.00. The molecule has 2 atom stereocenters. The molecule has 0 amide bonds. The number of carbonyl (C=O) groups is 1. The van der Waals surface area contributed by atoms with Crippen molar-refractivity contribution in [3.63, 3.8) is 0 Å². The molecule has 21 heavy (non-hydrogen) atoms. The van der Waals surface area contributed by atoms with E-state index in [9.17, 15) is 28.2 Å². The van der Waals surface area contributed by atoms with Gasteiger partial charge >= 0.3 is 12.3 Å². The quantitative estimate of drug-likeness (QED) is 0.846. The maximum Gasteiger partial charge on any atom is 0.573 e. The van der Waals surface area contributed by atoms with Gasteiger partial charge in [0, 0.05) is 0 Å². The third kappa shape index (κ3) is 4.63. The molecule has 2 N–H and O–H groups in total. The van der Waals surface area contributed by atoms with Crippen molar-refractivity contribution in [3.05, 3.63) is 29.8 Å². The fourth-order valence-corrected chi connectivity index (χ4v) is 2.13. The number of ether oxygens (including phenoxy) is 1. The van der Waals surface area contributed by atoms with Crippen molar-refractivity contribution in [3.8, 4) is 5.75 Å². The van der Waals surface area contributed by atoms with Crippen molar-refractivity contribution in [2.75, 3.05) is 0 Å². The number of hydrogen-bond donors (Lipinski definition) is 2. The van der Waals surface area contributed by atoms with Crippen molar-refractivity contribution < 1.29 is 32.9 Å². The Hall–Kier alpha value is -1.76. The predicted octanol–water partition coefficient (Wildman–Crippen LogP) is 3.29. The highest BCUT2D eigenvalue weighted by Gasteiger charge is 2.38. The highest BCUT2D eigenvalue weighted by molar-refractivity contribution is 5.72. The van der Waals surface area contributed by atoms with Crippen LogP contribution in [0.4, 0.5) is 13.2 Å². The van der Waals surface area contributed by atoms with Crippen LogP contribution >= 0.6 is 0 Å². The van der Waals surface area contributed by atoms with Crippen molar-refractivity contribution in [2.45, 2.75) is 38.7 Å². The van der Waals surface area contributed by atoms with Crippen molar-refractivity contribution in [2.24, 2.45) is 5.92 Å². The molecule has 0 aliphatic rings. The van der Waals surface area contributed by atoms with Crippen LogP contribution in [0.15, 0.2) is 24.3 Å². The van der Waals surface area contributed by atoms with Gasteiger partial charge in [-0.2, -0.15) is 0 Å². The Kier molecular flexibility index (Phi) is 5.22. The molecule has 0 saturated carbocycles. The summed E-state index contributed by atoms with van der Waals surface area (Å²) in [5, 5.41) is 19.6. The molecule has 1 aromatic carbocycles. The predicted molar refractivity (Wildman–Crippen MR) is 68.7 cm³/mol. The highest BCUT2D eigenvalue weighted by atomic mass is 19.4. The zero-order valence-corrected chi connectivity index (χ0v) is 11.6. The first kappa shape index (κ1) is 17.3. The number of carboxylic acids is 1. The zero-order chi connectivity index (χ0) is 16.3. The van der Waals surface area contributed by atoms with Crippen LogP contribution in [0.2, 0.25) is 0 Å². The SMILES string of the molecule is CCCC(C(=O)O)C(C)(O)c1ccc(OC(F)(F)F)cc1. The number of halogens is 3. The number of rotatable bonds is 6. The largest absolute Gasteiger partial charge is 0.573 e. The summed E-state index contributed by atoms with van der Waals surface area (Å²) in [6.45, 7) is 3.12. The van der Waals surface area contributed by atoms with Gasteiger partial charge in [-0.25, -0.2) is 0 Å². The Morgan fingerprint density at radius 1 is 1.29 bits per heavy atom. The number of hydrogen-bond acceptors (Lipinski definition) is 3. The van der Waals surface area contributed by atoms with Crippen molar-refractivity contribution in [1.29, 1.82) is 0 Å². The van der Waals surface area contributed by atoms with Gasteiger partial charge in [-0.05, 0) is 31.0 Å². The molecule has 1 rings (SSSR count). The fraction of sp³-hybridized carbons (Fsp3) is 0.500. The number of aliphatic hydroxyl groups is 1. The van der Waals surface area contributed by atoms with E-state index < -0.39 is 29.6 Å². The molecule has 118 valence electrons. The smallest absolute Gasteiger partial charge is 0.481 e. The van der Waals surface area contributed by atoms with Gasteiger partial charge in [0.05, 0.1) is 5.92 Å². The number of alkyl halides is 3. The van der Waals surface area contributed by atoms with Gasteiger partial charge < -0.3 is 14.9 Å². The van der Waals surface area contributed by atoms with E-state index in [1.807, 2.05) is 0 Å². The molecule has 0 aliphatic carbocycles. The summed E-state index contributed by atoms with van der Waals surface area (Å²) in [6.07, 6.45) is -3.98. The maximum atomic E-state index is 12.1. The summed E-state index contributed by atoms with van der Waals surface area (Å²) in [6, 6.07) is 4.55. The lowest BCUT2D eigenvalue weighted by Gasteiger charge is -2.30. The standard InChI is InChI=1S/C14H17F3O4/c1-3-4-11(12(18)19)13(2,20)9-5-7-10(8-6-9)21-14(15,16)17/h5-8,11,20H,3-4H2,1-2H3,(H,18,19). The monoisotopic (exact) mass is 306 g/mol. The van der Waals surface area contributed by atoms with Crippen LogP contribution in [0.3, 0.4) is 0 Å². The van der Waals surface area contributed by atoms with Crippen LogP contribution in [0.25, 0.3) is 0 Å². The second-order valence-corrected chi connectivity index (χ2v) is 4.90. The van der Waals surface area contributed by atoms with Gasteiger partial charge in [0.25, 0.3) is 0 Å². The van der Waals surface area contributed by atoms with Gasteiger partial charge in [0.15, 0.2) is 0 Å². The summed E-state index contributed by atoms with van der Waals surface area (Å²) >= 11 is 0. The average Bonchev–Trinajstić information content (AvgIpc) is 2.34. The second kappa shape index (κ2) is 6.34. The topological polar surface area (TPSA) is 66.8 Å². The number of carboxylic acid groups (broad SMARTS) is 1. The Bertz CT molecular complexity index is 480. The number of aliphatic carboxylic acids is 1. The molecule has 7 heteroatoms. The normalized spacial score (nSPS) is 16.1. The summed E-state index contributed by atoms with van der Waals surface area (Å²) in [4.78, 5) is 11.2. The molecule has 0 saturated heterocycles. The van der Waals surface area contributed by atoms with Gasteiger partial charge in [-0.1, -0.05) is 25.5 Å². The van der Waals surface area contributed by atoms with Crippen LogP contribution in [-0.4, -0.2) is 22.5 Å². The van der Waals surface area contributed by atoms with E-state index in [-0.39, 0.29) is 12.0 Å². The van der Waals surface area contributed by atoms with E-state index in [1.165, 1.54) is 19.1 Å². The van der Waals surface area contributed by atoms with Crippen molar-refractivity contribution >= 4 is 5.97 Å².